The summed E-state index contributed by atoms with van der Waals surface area (Å²) in [7, 11) is 0. The molecule has 0 aliphatic heterocycles. The molecule has 0 radical (unpaired) electrons. The topological polar surface area (TPSA) is 84.8 Å². The predicted octanol–water partition coefficient (Wildman–Crippen LogP) is 3.32. The number of ether oxygens (including phenoxy) is 1. The lowest BCUT2D eigenvalue weighted by molar-refractivity contribution is -0.124. The van der Waals surface area contributed by atoms with Crippen LogP contribution in [-0.2, 0) is 11.2 Å². The van der Waals surface area contributed by atoms with Gasteiger partial charge in [0.1, 0.15) is 18.4 Å². The standard InChI is InChI=1S/C22H21N5O2/c28-21(12-29-20-11-4-3-10-19(20)27-13-23-24-14-27)25-18-9-5-7-16-15-6-1-2-8-17(15)26-22(16)18/h1-4,6,8,10-11,13-14,18,26H,5,7,9,12H2,(H,25,28)/t18-/m1/s1. The Hall–Kier alpha value is -3.61. The van der Waals surface area contributed by atoms with Gasteiger partial charge in [-0.25, -0.2) is 0 Å². The molecule has 146 valence electrons. The van der Waals surface area contributed by atoms with Gasteiger partial charge in [0.05, 0.1) is 11.7 Å². The van der Waals surface area contributed by atoms with Crippen molar-refractivity contribution in [3.05, 3.63) is 72.4 Å². The largest absolute Gasteiger partial charge is 0.482 e. The molecule has 1 aliphatic carbocycles. The van der Waals surface area contributed by atoms with Gasteiger partial charge in [-0.05, 0) is 43.0 Å². The number of fused-ring (bicyclic) bond motifs is 3. The minimum absolute atomic E-state index is 0.0182. The maximum absolute atomic E-state index is 12.6. The highest BCUT2D eigenvalue weighted by atomic mass is 16.5. The van der Waals surface area contributed by atoms with Gasteiger partial charge in [0.2, 0.25) is 0 Å². The van der Waals surface area contributed by atoms with Gasteiger partial charge < -0.3 is 15.0 Å². The van der Waals surface area contributed by atoms with Crippen LogP contribution in [0.15, 0.2) is 61.2 Å². The Morgan fingerprint density at radius 2 is 1.93 bits per heavy atom. The van der Waals surface area contributed by atoms with E-state index in [0.717, 1.165) is 36.2 Å². The monoisotopic (exact) mass is 387 g/mol. The second-order valence-corrected chi connectivity index (χ2v) is 7.20. The van der Waals surface area contributed by atoms with Crippen LogP contribution in [0.5, 0.6) is 5.75 Å². The van der Waals surface area contributed by atoms with Crippen molar-refractivity contribution in [1.82, 2.24) is 25.1 Å². The van der Waals surface area contributed by atoms with Crippen molar-refractivity contribution >= 4 is 16.8 Å². The Bertz CT molecular complexity index is 1150. The summed E-state index contributed by atoms with van der Waals surface area (Å²) in [4.78, 5) is 16.1. The van der Waals surface area contributed by atoms with Crippen LogP contribution < -0.4 is 10.1 Å². The number of rotatable bonds is 5. The molecule has 5 rings (SSSR count). The molecule has 7 heteroatoms. The fourth-order valence-electron chi connectivity index (χ4n) is 4.06. The van der Waals surface area contributed by atoms with E-state index in [2.05, 4.69) is 38.7 Å². The van der Waals surface area contributed by atoms with Gasteiger partial charge in [0.15, 0.2) is 6.61 Å². The highest BCUT2D eigenvalue weighted by molar-refractivity contribution is 5.85. The molecule has 0 fully saturated rings. The van der Waals surface area contributed by atoms with Crippen molar-refractivity contribution < 1.29 is 9.53 Å². The van der Waals surface area contributed by atoms with E-state index in [0.29, 0.717) is 5.75 Å². The second kappa shape index (κ2) is 7.43. The fraction of sp³-hybridized carbons (Fsp3) is 0.227. The number of nitrogens with one attached hydrogen (secondary N) is 2. The van der Waals surface area contributed by atoms with Crippen molar-refractivity contribution in [1.29, 1.82) is 0 Å². The molecule has 2 aromatic carbocycles. The molecule has 0 unspecified atom stereocenters. The summed E-state index contributed by atoms with van der Waals surface area (Å²) < 4.78 is 7.57. The van der Waals surface area contributed by atoms with Crippen LogP contribution in [0.2, 0.25) is 0 Å². The van der Waals surface area contributed by atoms with E-state index in [1.54, 1.807) is 17.2 Å². The molecule has 7 nitrogen and oxygen atoms in total. The second-order valence-electron chi connectivity index (χ2n) is 7.20. The summed E-state index contributed by atoms with van der Waals surface area (Å²) >= 11 is 0. The first-order valence-electron chi connectivity index (χ1n) is 9.75. The summed E-state index contributed by atoms with van der Waals surface area (Å²) in [6, 6.07) is 15.8. The molecule has 0 saturated heterocycles. The number of para-hydroxylation sites is 3. The molecule has 1 amide bonds. The molecule has 1 atom stereocenters. The summed E-state index contributed by atoms with van der Waals surface area (Å²) in [6.07, 6.45) is 6.21. The zero-order chi connectivity index (χ0) is 19.6. The average molecular weight is 387 g/mol. The highest BCUT2D eigenvalue weighted by Crippen LogP contribution is 2.34. The maximum Gasteiger partial charge on any atom is 0.258 e. The maximum atomic E-state index is 12.6. The molecule has 2 N–H and O–H groups in total. The van der Waals surface area contributed by atoms with Gasteiger partial charge in [-0.15, -0.1) is 10.2 Å². The molecule has 4 aromatic rings. The lowest BCUT2D eigenvalue weighted by Gasteiger charge is -2.24. The Balaban J connectivity index is 1.30. The summed E-state index contributed by atoms with van der Waals surface area (Å²) in [5, 5.41) is 12.0. The van der Waals surface area contributed by atoms with Crippen LogP contribution in [-0.4, -0.2) is 32.3 Å². The van der Waals surface area contributed by atoms with Crippen LogP contribution in [0.1, 0.15) is 30.1 Å². The number of H-pyrrole nitrogens is 1. The van der Waals surface area contributed by atoms with Crippen molar-refractivity contribution in [2.75, 3.05) is 6.61 Å². The molecule has 1 aliphatic rings. The summed E-state index contributed by atoms with van der Waals surface area (Å²) in [6.45, 7) is -0.0504. The van der Waals surface area contributed by atoms with E-state index in [1.165, 1.54) is 10.9 Å². The third-order valence-electron chi connectivity index (χ3n) is 5.37. The zero-order valence-corrected chi connectivity index (χ0v) is 15.8. The highest BCUT2D eigenvalue weighted by Gasteiger charge is 2.25. The Morgan fingerprint density at radius 3 is 2.83 bits per heavy atom. The molecule has 2 heterocycles. The summed E-state index contributed by atoms with van der Waals surface area (Å²) in [5.74, 6) is 0.470. The minimum atomic E-state index is -0.139. The SMILES string of the molecule is O=C(COc1ccccc1-n1cnnc1)N[C@@H]1CCCc2c1[nH]c1ccccc21. The Kier molecular flexibility index (Phi) is 4.48. The number of aromatic nitrogens is 4. The van der Waals surface area contributed by atoms with Gasteiger partial charge in [0, 0.05) is 16.6 Å². The van der Waals surface area contributed by atoms with Crippen LogP contribution in [0, 0.1) is 0 Å². The first-order chi connectivity index (χ1) is 14.3. The summed E-state index contributed by atoms with van der Waals surface area (Å²) in [5.41, 5.74) is 4.35. The van der Waals surface area contributed by atoms with E-state index >= 15 is 0 Å². The number of hydrogen-bond acceptors (Lipinski definition) is 4. The van der Waals surface area contributed by atoms with E-state index < -0.39 is 0 Å². The van der Waals surface area contributed by atoms with E-state index in [1.807, 2.05) is 30.3 Å². The van der Waals surface area contributed by atoms with Crippen LogP contribution >= 0.6 is 0 Å². The van der Waals surface area contributed by atoms with Gasteiger partial charge in [-0.1, -0.05) is 30.3 Å². The first-order valence-corrected chi connectivity index (χ1v) is 9.75. The van der Waals surface area contributed by atoms with Crippen molar-refractivity contribution in [3.8, 4) is 11.4 Å². The van der Waals surface area contributed by atoms with Crippen LogP contribution in [0.25, 0.3) is 16.6 Å². The molecule has 0 saturated carbocycles. The van der Waals surface area contributed by atoms with Crippen LogP contribution in [0.4, 0.5) is 0 Å². The molecule has 0 spiro atoms. The van der Waals surface area contributed by atoms with Gasteiger partial charge >= 0.3 is 0 Å². The fourth-order valence-corrected chi connectivity index (χ4v) is 4.06. The first kappa shape index (κ1) is 17.5. The predicted molar refractivity (Wildman–Crippen MR) is 109 cm³/mol. The number of aromatic amines is 1. The third-order valence-corrected chi connectivity index (χ3v) is 5.37. The number of carbonyl (C=O) groups is 1. The number of carbonyl (C=O) groups excluding carboxylic acids is 1. The number of amides is 1. The number of nitrogens with zero attached hydrogens (tertiary/aromatic N) is 3. The van der Waals surface area contributed by atoms with Gasteiger partial charge in [0.25, 0.3) is 5.91 Å². The van der Waals surface area contributed by atoms with Gasteiger partial charge in [-0.3, -0.25) is 9.36 Å². The molecule has 29 heavy (non-hydrogen) atoms. The lowest BCUT2D eigenvalue weighted by Crippen LogP contribution is -2.34. The van der Waals surface area contributed by atoms with Crippen molar-refractivity contribution in [2.24, 2.45) is 0 Å². The molecular formula is C22H21N5O2. The van der Waals surface area contributed by atoms with E-state index in [4.69, 9.17) is 4.74 Å². The zero-order valence-electron chi connectivity index (χ0n) is 15.8. The van der Waals surface area contributed by atoms with Crippen LogP contribution in [0.3, 0.4) is 0 Å². The smallest absolute Gasteiger partial charge is 0.258 e. The van der Waals surface area contributed by atoms with Crippen molar-refractivity contribution in [3.63, 3.8) is 0 Å². The lowest BCUT2D eigenvalue weighted by atomic mass is 9.91. The normalized spacial score (nSPS) is 15.8. The van der Waals surface area contributed by atoms with E-state index in [-0.39, 0.29) is 18.6 Å². The Morgan fingerprint density at radius 1 is 1.14 bits per heavy atom. The van der Waals surface area contributed by atoms with Crippen molar-refractivity contribution in [2.45, 2.75) is 25.3 Å². The number of aryl methyl sites for hydroxylation is 1. The number of hydrogen-bond donors (Lipinski definition) is 2. The molecule has 2 aromatic heterocycles. The average Bonchev–Trinajstić information content (AvgIpc) is 3.41. The van der Waals surface area contributed by atoms with E-state index in [9.17, 15) is 4.79 Å². The third kappa shape index (κ3) is 3.35. The van der Waals surface area contributed by atoms with Gasteiger partial charge in [-0.2, -0.15) is 0 Å². The molecular weight excluding hydrogens is 366 g/mol. The Labute approximate surface area is 167 Å². The minimum Gasteiger partial charge on any atom is -0.482 e. The number of benzene rings is 2. The molecule has 0 bridgehead atoms. The quantitative estimate of drug-likeness (QED) is 0.550.